The van der Waals surface area contributed by atoms with Gasteiger partial charge in [0.05, 0.1) is 24.4 Å². The molecule has 0 aliphatic rings. The molecule has 21 heavy (non-hydrogen) atoms. The smallest absolute Gasteiger partial charge is 0.371 e. The van der Waals surface area contributed by atoms with Crippen LogP contribution in [0, 0.1) is 11.3 Å². The van der Waals surface area contributed by atoms with E-state index < -0.39 is 11.9 Å². The standard InChI is InChI=1S/C14H10N2O5/c1-20-12-6-8(7-15)2-3-9(12)16-13(17)10-4-5-11(21-10)14(18)19/h2-6H,1H3,(H,16,17)(H,18,19). The van der Waals surface area contributed by atoms with E-state index in [0.29, 0.717) is 17.0 Å². The number of carboxylic acids is 1. The Morgan fingerprint density at radius 3 is 2.57 bits per heavy atom. The molecule has 1 heterocycles. The molecular weight excluding hydrogens is 276 g/mol. The van der Waals surface area contributed by atoms with Crippen molar-refractivity contribution in [2.24, 2.45) is 0 Å². The number of carbonyl (C=O) groups is 2. The Bertz CT molecular complexity index is 742. The first-order valence-electron chi connectivity index (χ1n) is 5.77. The van der Waals surface area contributed by atoms with Crippen LogP contribution in [0.5, 0.6) is 5.75 Å². The van der Waals surface area contributed by atoms with E-state index >= 15 is 0 Å². The molecule has 2 aromatic rings. The second kappa shape index (κ2) is 5.79. The number of nitrogens with zero attached hydrogens (tertiary/aromatic N) is 1. The summed E-state index contributed by atoms with van der Waals surface area (Å²) in [6.45, 7) is 0. The number of carboxylic acid groups (broad SMARTS) is 1. The van der Waals surface area contributed by atoms with Gasteiger partial charge in [0.15, 0.2) is 5.76 Å². The summed E-state index contributed by atoms with van der Waals surface area (Å²) < 4.78 is 9.97. The molecule has 0 fully saturated rings. The maximum Gasteiger partial charge on any atom is 0.371 e. The fraction of sp³-hybridized carbons (Fsp3) is 0.0714. The number of hydrogen-bond donors (Lipinski definition) is 2. The summed E-state index contributed by atoms with van der Waals surface area (Å²) >= 11 is 0. The summed E-state index contributed by atoms with van der Waals surface area (Å²) in [6.07, 6.45) is 0. The van der Waals surface area contributed by atoms with Crippen LogP contribution in [0.1, 0.15) is 26.7 Å². The molecule has 1 aromatic heterocycles. The topological polar surface area (TPSA) is 113 Å². The summed E-state index contributed by atoms with van der Waals surface area (Å²) in [4.78, 5) is 22.6. The lowest BCUT2D eigenvalue weighted by molar-refractivity contribution is 0.0660. The highest BCUT2D eigenvalue weighted by atomic mass is 16.5. The minimum atomic E-state index is -1.26. The van der Waals surface area contributed by atoms with Crippen LogP contribution in [-0.2, 0) is 0 Å². The number of ether oxygens (including phenoxy) is 1. The zero-order valence-corrected chi connectivity index (χ0v) is 10.9. The van der Waals surface area contributed by atoms with Crippen molar-refractivity contribution in [3.05, 3.63) is 47.4 Å². The highest BCUT2D eigenvalue weighted by Gasteiger charge is 2.16. The van der Waals surface area contributed by atoms with Gasteiger partial charge in [0, 0.05) is 6.07 Å². The molecule has 106 valence electrons. The lowest BCUT2D eigenvalue weighted by atomic mass is 10.2. The minimum absolute atomic E-state index is 0.140. The van der Waals surface area contributed by atoms with Crippen molar-refractivity contribution in [2.45, 2.75) is 0 Å². The van der Waals surface area contributed by atoms with Gasteiger partial charge >= 0.3 is 5.97 Å². The summed E-state index contributed by atoms with van der Waals surface area (Å²) in [5, 5.41) is 20.1. The normalized spacial score (nSPS) is 9.71. The van der Waals surface area contributed by atoms with Gasteiger partial charge in [-0.1, -0.05) is 0 Å². The molecule has 0 saturated heterocycles. The van der Waals surface area contributed by atoms with Crippen LogP contribution in [-0.4, -0.2) is 24.1 Å². The fourth-order valence-electron chi connectivity index (χ4n) is 1.62. The Balaban J connectivity index is 2.23. The Morgan fingerprint density at radius 2 is 2.00 bits per heavy atom. The molecule has 0 spiro atoms. The average Bonchev–Trinajstić information content (AvgIpc) is 2.97. The van der Waals surface area contributed by atoms with Crippen molar-refractivity contribution >= 4 is 17.6 Å². The second-order valence-corrected chi connectivity index (χ2v) is 3.95. The molecule has 2 rings (SSSR count). The van der Waals surface area contributed by atoms with Gasteiger partial charge in [-0.15, -0.1) is 0 Å². The van der Waals surface area contributed by atoms with Crippen LogP contribution >= 0.6 is 0 Å². The number of furan rings is 1. The van der Waals surface area contributed by atoms with Gasteiger partial charge in [-0.2, -0.15) is 5.26 Å². The number of carbonyl (C=O) groups excluding carboxylic acids is 1. The Labute approximate surface area is 119 Å². The Kier molecular flexibility index (Phi) is 3.90. The molecule has 7 nitrogen and oxygen atoms in total. The van der Waals surface area contributed by atoms with Crippen molar-refractivity contribution in [3.8, 4) is 11.8 Å². The van der Waals surface area contributed by atoms with Crippen LogP contribution in [0.3, 0.4) is 0 Å². The van der Waals surface area contributed by atoms with E-state index in [1.807, 2.05) is 6.07 Å². The molecule has 0 aliphatic heterocycles. The Hall–Kier alpha value is -3.27. The molecule has 0 aliphatic carbocycles. The molecule has 1 aromatic carbocycles. The third kappa shape index (κ3) is 3.01. The van der Waals surface area contributed by atoms with Gasteiger partial charge in [0.2, 0.25) is 5.76 Å². The Morgan fingerprint density at radius 1 is 1.29 bits per heavy atom. The van der Waals surface area contributed by atoms with Gasteiger partial charge in [0.25, 0.3) is 5.91 Å². The van der Waals surface area contributed by atoms with E-state index in [4.69, 9.17) is 19.5 Å². The lowest BCUT2D eigenvalue weighted by Crippen LogP contribution is -2.12. The molecule has 0 bridgehead atoms. The van der Waals surface area contributed by atoms with Gasteiger partial charge in [0.1, 0.15) is 5.75 Å². The molecular formula is C14H10N2O5. The first-order valence-corrected chi connectivity index (χ1v) is 5.77. The maximum atomic E-state index is 12.0. The van der Waals surface area contributed by atoms with Crippen LogP contribution in [0.25, 0.3) is 0 Å². The zero-order chi connectivity index (χ0) is 15.4. The predicted molar refractivity (Wildman–Crippen MR) is 71.3 cm³/mol. The lowest BCUT2D eigenvalue weighted by Gasteiger charge is -2.09. The van der Waals surface area contributed by atoms with E-state index in [2.05, 4.69) is 5.32 Å². The fourth-order valence-corrected chi connectivity index (χ4v) is 1.62. The van der Waals surface area contributed by atoms with Crippen molar-refractivity contribution in [1.82, 2.24) is 0 Å². The molecule has 0 unspecified atom stereocenters. The van der Waals surface area contributed by atoms with Crippen LogP contribution < -0.4 is 10.1 Å². The number of nitriles is 1. The average molecular weight is 286 g/mol. The second-order valence-electron chi connectivity index (χ2n) is 3.95. The highest BCUT2D eigenvalue weighted by Crippen LogP contribution is 2.26. The number of nitrogens with one attached hydrogen (secondary N) is 1. The van der Waals surface area contributed by atoms with Gasteiger partial charge in [-0.05, 0) is 24.3 Å². The van der Waals surface area contributed by atoms with E-state index in [1.165, 1.54) is 37.4 Å². The largest absolute Gasteiger partial charge is 0.495 e. The highest BCUT2D eigenvalue weighted by molar-refractivity contribution is 6.03. The maximum absolute atomic E-state index is 12.0. The zero-order valence-electron chi connectivity index (χ0n) is 10.9. The third-order valence-corrected chi connectivity index (χ3v) is 2.62. The minimum Gasteiger partial charge on any atom is -0.495 e. The van der Waals surface area contributed by atoms with Gasteiger partial charge in [-0.3, -0.25) is 4.79 Å². The number of benzene rings is 1. The number of aromatic carboxylic acids is 1. The van der Waals surface area contributed by atoms with Crippen molar-refractivity contribution in [1.29, 1.82) is 5.26 Å². The number of methoxy groups -OCH3 is 1. The predicted octanol–water partition coefficient (Wildman–Crippen LogP) is 2.11. The van der Waals surface area contributed by atoms with E-state index in [9.17, 15) is 9.59 Å². The van der Waals surface area contributed by atoms with E-state index in [-0.39, 0.29) is 11.5 Å². The van der Waals surface area contributed by atoms with Crippen LogP contribution in [0.2, 0.25) is 0 Å². The SMILES string of the molecule is COc1cc(C#N)ccc1NC(=O)c1ccc(C(=O)O)o1. The molecule has 7 heteroatoms. The number of rotatable bonds is 4. The van der Waals surface area contributed by atoms with Crippen LogP contribution in [0.15, 0.2) is 34.7 Å². The number of hydrogen-bond acceptors (Lipinski definition) is 5. The van der Waals surface area contributed by atoms with E-state index in [0.717, 1.165) is 0 Å². The third-order valence-electron chi connectivity index (χ3n) is 2.62. The molecule has 0 atom stereocenters. The molecule has 1 amide bonds. The van der Waals surface area contributed by atoms with E-state index in [1.54, 1.807) is 0 Å². The van der Waals surface area contributed by atoms with Crippen molar-refractivity contribution in [3.63, 3.8) is 0 Å². The van der Waals surface area contributed by atoms with Gasteiger partial charge < -0.3 is 19.6 Å². The summed E-state index contributed by atoms with van der Waals surface area (Å²) in [5.74, 6) is -2.03. The van der Waals surface area contributed by atoms with Crippen molar-refractivity contribution < 1.29 is 23.8 Å². The first kappa shape index (κ1) is 14.1. The van der Waals surface area contributed by atoms with Gasteiger partial charge in [-0.25, -0.2) is 4.79 Å². The summed E-state index contributed by atoms with van der Waals surface area (Å²) in [5.41, 5.74) is 0.728. The monoisotopic (exact) mass is 286 g/mol. The van der Waals surface area contributed by atoms with Crippen molar-refractivity contribution in [2.75, 3.05) is 12.4 Å². The van der Waals surface area contributed by atoms with Crippen LogP contribution in [0.4, 0.5) is 5.69 Å². The summed E-state index contributed by atoms with van der Waals surface area (Å²) in [6, 6.07) is 8.90. The molecule has 0 saturated carbocycles. The molecule has 2 N–H and O–H groups in total. The number of amides is 1. The first-order chi connectivity index (χ1) is 10.0. The quantitative estimate of drug-likeness (QED) is 0.890. The molecule has 0 radical (unpaired) electrons. The number of anilines is 1. The summed E-state index contributed by atoms with van der Waals surface area (Å²) in [7, 11) is 1.40.